The van der Waals surface area contributed by atoms with Gasteiger partial charge in [0.15, 0.2) is 0 Å². The summed E-state index contributed by atoms with van der Waals surface area (Å²) in [6.07, 6.45) is 6.70. The largest absolute Gasteiger partial charge is 0.428 e. The highest BCUT2D eigenvalue weighted by Crippen LogP contribution is 2.29. The Kier molecular flexibility index (Phi) is 3.05. The average molecular weight is 314 g/mol. The first-order chi connectivity index (χ1) is 11.9. The normalized spacial score (nSPS) is 14.0. The topological polar surface area (TPSA) is 30.4 Å². The lowest BCUT2D eigenvalue weighted by atomic mass is 10.0. The van der Waals surface area contributed by atoms with Crippen molar-refractivity contribution in [2.24, 2.45) is 0 Å². The maximum absolute atomic E-state index is 5.94. The summed E-state index contributed by atoms with van der Waals surface area (Å²) in [6.45, 7) is 0. The number of nitrogens with zero attached hydrogens (tertiary/aromatic N) is 2. The SMILES string of the molecule is c1ccc(-c2ccc(-c3cn4c5c(oc4n3)CCCC5)cc2)cc1. The fourth-order valence-electron chi connectivity index (χ4n) is 3.57. The van der Waals surface area contributed by atoms with Crippen molar-refractivity contribution in [2.75, 3.05) is 0 Å². The van der Waals surface area contributed by atoms with E-state index in [1.54, 1.807) is 0 Å². The van der Waals surface area contributed by atoms with Crippen molar-refractivity contribution in [2.45, 2.75) is 25.7 Å². The van der Waals surface area contributed by atoms with Gasteiger partial charge in [-0.2, -0.15) is 4.98 Å². The molecule has 118 valence electrons. The molecule has 0 fully saturated rings. The summed E-state index contributed by atoms with van der Waals surface area (Å²) in [4.78, 5) is 4.69. The molecule has 5 rings (SSSR count). The van der Waals surface area contributed by atoms with Crippen molar-refractivity contribution in [1.29, 1.82) is 0 Å². The van der Waals surface area contributed by atoms with Gasteiger partial charge in [0.25, 0.3) is 0 Å². The van der Waals surface area contributed by atoms with Gasteiger partial charge >= 0.3 is 5.84 Å². The van der Waals surface area contributed by atoms with Crippen molar-refractivity contribution >= 4 is 5.84 Å². The number of aryl methyl sites for hydroxylation is 2. The highest BCUT2D eigenvalue weighted by Gasteiger charge is 2.19. The van der Waals surface area contributed by atoms with Crippen LogP contribution in [0.3, 0.4) is 0 Å². The third-order valence-electron chi connectivity index (χ3n) is 4.86. The zero-order chi connectivity index (χ0) is 15.9. The van der Waals surface area contributed by atoms with Gasteiger partial charge in [-0.05, 0) is 30.4 Å². The fourth-order valence-corrected chi connectivity index (χ4v) is 3.57. The van der Waals surface area contributed by atoms with E-state index in [4.69, 9.17) is 4.42 Å². The lowest BCUT2D eigenvalue weighted by Gasteiger charge is -2.08. The summed E-state index contributed by atoms with van der Waals surface area (Å²) < 4.78 is 8.07. The van der Waals surface area contributed by atoms with Crippen molar-refractivity contribution in [3.8, 4) is 22.4 Å². The molecule has 0 bridgehead atoms. The molecule has 0 radical (unpaired) electrons. The molecule has 2 aromatic carbocycles. The number of aromatic nitrogens is 2. The van der Waals surface area contributed by atoms with E-state index in [-0.39, 0.29) is 0 Å². The highest BCUT2D eigenvalue weighted by atomic mass is 16.4. The van der Waals surface area contributed by atoms with Gasteiger partial charge in [0.2, 0.25) is 0 Å². The predicted octanol–water partition coefficient (Wildman–Crippen LogP) is 5.14. The maximum atomic E-state index is 5.94. The van der Waals surface area contributed by atoms with E-state index < -0.39 is 0 Å². The molecule has 0 amide bonds. The molecule has 0 atom stereocenters. The summed E-state index contributed by atoms with van der Waals surface area (Å²) in [6, 6.07) is 19.0. The monoisotopic (exact) mass is 314 g/mol. The van der Waals surface area contributed by atoms with E-state index >= 15 is 0 Å². The molecule has 0 N–H and O–H groups in total. The zero-order valence-electron chi connectivity index (χ0n) is 13.4. The fraction of sp³-hybridized carbons (Fsp3) is 0.190. The lowest BCUT2D eigenvalue weighted by Crippen LogP contribution is -2.02. The summed E-state index contributed by atoms with van der Waals surface area (Å²) in [5.41, 5.74) is 5.85. The third kappa shape index (κ3) is 2.16. The van der Waals surface area contributed by atoms with Crippen LogP contribution in [0.15, 0.2) is 65.2 Å². The van der Waals surface area contributed by atoms with Crippen molar-refractivity contribution in [1.82, 2.24) is 9.38 Å². The Balaban J connectivity index is 1.52. The number of fused-ring (bicyclic) bond motifs is 3. The Morgan fingerprint density at radius 1 is 0.792 bits per heavy atom. The van der Waals surface area contributed by atoms with Gasteiger partial charge in [-0.15, -0.1) is 0 Å². The second-order valence-electron chi connectivity index (χ2n) is 6.40. The van der Waals surface area contributed by atoms with E-state index in [1.807, 2.05) is 6.07 Å². The molecule has 0 aliphatic heterocycles. The van der Waals surface area contributed by atoms with E-state index in [2.05, 4.69) is 64.1 Å². The standard InChI is InChI=1S/C21H18N2O/c1-2-6-15(7-3-1)16-10-12-17(13-11-16)18-14-23-19-8-4-5-9-20(19)24-21(23)22-18/h1-3,6-7,10-14H,4-5,8-9H2. The van der Waals surface area contributed by atoms with E-state index in [0.29, 0.717) is 0 Å². The number of imidazole rings is 1. The van der Waals surface area contributed by atoms with Crippen LogP contribution < -0.4 is 0 Å². The molecule has 2 aromatic heterocycles. The van der Waals surface area contributed by atoms with Crippen LogP contribution in [0, 0.1) is 0 Å². The second kappa shape index (κ2) is 5.38. The summed E-state index contributed by atoms with van der Waals surface area (Å²) >= 11 is 0. The van der Waals surface area contributed by atoms with E-state index in [0.717, 1.165) is 35.7 Å². The third-order valence-corrected chi connectivity index (χ3v) is 4.86. The molecule has 0 spiro atoms. The molecular weight excluding hydrogens is 296 g/mol. The highest BCUT2D eigenvalue weighted by molar-refractivity contribution is 5.69. The molecule has 0 unspecified atom stereocenters. The Morgan fingerprint density at radius 3 is 2.33 bits per heavy atom. The van der Waals surface area contributed by atoms with Crippen LogP contribution in [0.5, 0.6) is 0 Å². The minimum atomic E-state index is 0.726. The average Bonchev–Trinajstić information content (AvgIpc) is 3.21. The van der Waals surface area contributed by atoms with Crippen molar-refractivity contribution in [3.63, 3.8) is 0 Å². The zero-order valence-corrected chi connectivity index (χ0v) is 13.4. The Bertz CT molecular complexity index is 994. The van der Waals surface area contributed by atoms with Crippen molar-refractivity contribution in [3.05, 3.63) is 72.2 Å². The number of benzene rings is 2. The van der Waals surface area contributed by atoms with Crippen LogP contribution in [-0.4, -0.2) is 9.38 Å². The molecule has 1 aliphatic carbocycles. The number of rotatable bonds is 2. The maximum Gasteiger partial charge on any atom is 0.306 e. The summed E-state index contributed by atoms with van der Waals surface area (Å²) in [5.74, 6) is 1.85. The van der Waals surface area contributed by atoms with Crippen LogP contribution in [0.1, 0.15) is 24.3 Å². The quantitative estimate of drug-likeness (QED) is 0.513. The first kappa shape index (κ1) is 13.6. The smallest absolute Gasteiger partial charge is 0.306 e. The Hall–Kier alpha value is -2.81. The van der Waals surface area contributed by atoms with E-state index in [1.165, 1.54) is 29.7 Å². The van der Waals surface area contributed by atoms with Gasteiger partial charge in [0, 0.05) is 18.2 Å². The molecular formula is C21H18N2O. The molecule has 1 aliphatic rings. The minimum absolute atomic E-state index is 0.726. The molecule has 3 nitrogen and oxygen atoms in total. The molecule has 0 saturated carbocycles. The summed E-state index contributed by atoms with van der Waals surface area (Å²) in [5, 5.41) is 0. The van der Waals surface area contributed by atoms with Crippen LogP contribution in [0.4, 0.5) is 0 Å². The number of hydrogen-bond acceptors (Lipinski definition) is 2. The van der Waals surface area contributed by atoms with Crippen LogP contribution in [0.2, 0.25) is 0 Å². The van der Waals surface area contributed by atoms with Gasteiger partial charge < -0.3 is 4.42 Å². The van der Waals surface area contributed by atoms with Gasteiger partial charge in [0.1, 0.15) is 5.76 Å². The summed E-state index contributed by atoms with van der Waals surface area (Å²) in [7, 11) is 0. The lowest BCUT2D eigenvalue weighted by molar-refractivity contribution is 0.500. The molecule has 4 aromatic rings. The first-order valence-electron chi connectivity index (χ1n) is 8.54. The predicted molar refractivity (Wildman–Crippen MR) is 95.0 cm³/mol. The number of oxazole rings is 1. The van der Waals surface area contributed by atoms with Gasteiger partial charge in [-0.3, -0.25) is 4.40 Å². The van der Waals surface area contributed by atoms with Crippen molar-refractivity contribution < 1.29 is 4.42 Å². The van der Waals surface area contributed by atoms with Crippen LogP contribution in [0.25, 0.3) is 28.2 Å². The number of hydrogen-bond donors (Lipinski definition) is 0. The molecule has 0 saturated heterocycles. The minimum Gasteiger partial charge on any atom is -0.428 e. The van der Waals surface area contributed by atoms with Gasteiger partial charge in [-0.1, -0.05) is 54.6 Å². The molecule has 3 heteroatoms. The first-order valence-corrected chi connectivity index (χ1v) is 8.54. The van der Waals surface area contributed by atoms with E-state index in [9.17, 15) is 0 Å². The Labute approximate surface area is 140 Å². The molecule has 2 heterocycles. The second-order valence-corrected chi connectivity index (χ2v) is 6.40. The molecule has 24 heavy (non-hydrogen) atoms. The van der Waals surface area contributed by atoms with Gasteiger partial charge in [-0.25, -0.2) is 0 Å². The van der Waals surface area contributed by atoms with Crippen LogP contribution >= 0.6 is 0 Å². The Morgan fingerprint density at radius 2 is 1.50 bits per heavy atom. The van der Waals surface area contributed by atoms with Crippen LogP contribution in [-0.2, 0) is 12.8 Å². The van der Waals surface area contributed by atoms with Gasteiger partial charge in [0.05, 0.1) is 11.4 Å².